The average Bonchev–Trinajstić information content (AvgIpc) is 3.84. The van der Waals surface area contributed by atoms with Crippen molar-refractivity contribution < 1.29 is 0 Å². The van der Waals surface area contributed by atoms with Crippen molar-refractivity contribution in [3.05, 3.63) is 200 Å². The minimum absolute atomic E-state index is 1.16. The van der Waals surface area contributed by atoms with E-state index in [4.69, 9.17) is 0 Å². The van der Waals surface area contributed by atoms with Crippen molar-refractivity contribution in [2.24, 2.45) is 0 Å². The minimum atomic E-state index is 1.16. The minimum Gasteiger partial charge on any atom is -0.308 e. The number of aromatic nitrogens is 1. The molecule has 2 heteroatoms. The number of thiophene rings is 1. The Hall–Kier alpha value is -6.48. The van der Waals surface area contributed by atoms with Crippen molar-refractivity contribution in [3.8, 4) is 61.3 Å². The molecular weight excluding hydrogens is 647 g/mol. The SMILES string of the molecule is c1ccc(-c2cc(-c3ccccc3)cc(-n3c4ccc(-c5c(-c6ccccc6)cccc5-c5ccccc5)cc4c4ccc5ccsc5c43)c2)cc1. The van der Waals surface area contributed by atoms with Crippen LogP contribution in [0.25, 0.3) is 93.2 Å². The molecule has 0 radical (unpaired) electrons. The third kappa shape index (κ3) is 5.16. The Kier molecular flexibility index (Phi) is 7.41. The lowest BCUT2D eigenvalue weighted by Crippen LogP contribution is -1.96. The summed E-state index contributed by atoms with van der Waals surface area (Å²) in [7, 11) is 0. The molecule has 0 amide bonds. The molecule has 0 aliphatic heterocycles. The Morgan fingerprint density at radius 1 is 0.365 bits per heavy atom. The molecule has 0 spiro atoms. The number of fused-ring (bicyclic) bond motifs is 5. The third-order valence-electron chi connectivity index (χ3n) is 10.3. The monoisotopic (exact) mass is 679 g/mol. The quantitative estimate of drug-likeness (QED) is 0.165. The van der Waals surface area contributed by atoms with Crippen LogP contribution in [0, 0.1) is 0 Å². The van der Waals surface area contributed by atoms with Crippen molar-refractivity contribution in [3.63, 3.8) is 0 Å². The van der Waals surface area contributed by atoms with E-state index in [9.17, 15) is 0 Å². The highest BCUT2D eigenvalue weighted by Gasteiger charge is 2.20. The van der Waals surface area contributed by atoms with Gasteiger partial charge in [0.1, 0.15) is 0 Å². The first-order valence-corrected chi connectivity index (χ1v) is 18.6. The Morgan fingerprint density at radius 2 is 0.923 bits per heavy atom. The van der Waals surface area contributed by atoms with Crippen LogP contribution < -0.4 is 0 Å². The van der Waals surface area contributed by atoms with Crippen LogP contribution in [0.5, 0.6) is 0 Å². The van der Waals surface area contributed by atoms with Gasteiger partial charge in [-0.15, -0.1) is 11.3 Å². The topological polar surface area (TPSA) is 4.93 Å². The molecule has 0 aliphatic rings. The van der Waals surface area contributed by atoms with Gasteiger partial charge in [-0.2, -0.15) is 0 Å². The lowest BCUT2D eigenvalue weighted by molar-refractivity contribution is 1.19. The number of benzene rings is 8. The second-order valence-electron chi connectivity index (χ2n) is 13.3. The smallest absolute Gasteiger partial charge is 0.0719 e. The summed E-state index contributed by atoms with van der Waals surface area (Å²) >= 11 is 1.82. The molecule has 244 valence electrons. The van der Waals surface area contributed by atoms with Crippen molar-refractivity contribution in [1.29, 1.82) is 0 Å². The summed E-state index contributed by atoms with van der Waals surface area (Å²) in [6, 6.07) is 70.8. The maximum Gasteiger partial charge on any atom is 0.0719 e. The van der Waals surface area contributed by atoms with Gasteiger partial charge in [0.2, 0.25) is 0 Å². The van der Waals surface area contributed by atoms with E-state index in [1.54, 1.807) is 0 Å². The zero-order valence-electron chi connectivity index (χ0n) is 28.4. The van der Waals surface area contributed by atoms with Crippen molar-refractivity contribution in [1.82, 2.24) is 4.57 Å². The summed E-state index contributed by atoms with van der Waals surface area (Å²) < 4.78 is 3.81. The number of hydrogen-bond acceptors (Lipinski definition) is 1. The number of hydrogen-bond donors (Lipinski definition) is 0. The van der Waals surface area contributed by atoms with Gasteiger partial charge in [0.15, 0.2) is 0 Å². The van der Waals surface area contributed by atoms with Crippen LogP contribution in [-0.4, -0.2) is 4.57 Å². The van der Waals surface area contributed by atoms with Gasteiger partial charge in [-0.05, 0) is 103 Å². The first-order valence-electron chi connectivity index (χ1n) is 17.8. The van der Waals surface area contributed by atoms with E-state index in [-0.39, 0.29) is 0 Å². The molecule has 0 bridgehead atoms. The zero-order chi connectivity index (χ0) is 34.4. The molecule has 0 aliphatic carbocycles. The average molecular weight is 680 g/mol. The van der Waals surface area contributed by atoms with Crippen LogP contribution in [0.4, 0.5) is 0 Å². The van der Waals surface area contributed by atoms with E-state index in [0.29, 0.717) is 0 Å². The largest absolute Gasteiger partial charge is 0.308 e. The molecule has 0 unspecified atom stereocenters. The van der Waals surface area contributed by atoms with Crippen LogP contribution in [0.3, 0.4) is 0 Å². The van der Waals surface area contributed by atoms with Gasteiger partial charge in [-0.3, -0.25) is 0 Å². The van der Waals surface area contributed by atoms with Gasteiger partial charge in [0.25, 0.3) is 0 Å². The fourth-order valence-corrected chi connectivity index (χ4v) is 8.80. The van der Waals surface area contributed by atoms with Crippen LogP contribution in [-0.2, 0) is 0 Å². The molecule has 0 N–H and O–H groups in total. The van der Waals surface area contributed by atoms with Crippen LogP contribution in [0.1, 0.15) is 0 Å². The summed E-state index contributed by atoms with van der Waals surface area (Å²) in [5, 5.41) is 5.99. The van der Waals surface area contributed by atoms with Gasteiger partial charge in [0, 0.05) is 16.5 Å². The first-order chi connectivity index (χ1) is 25.8. The number of rotatable bonds is 6. The summed E-state index contributed by atoms with van der Waals surface area (Å²) in [5.74, 6) is 0. The molecule has 10 rings (SSSR count). The predicted molar refractivity (Wildman–Crippen MR) is 223 cm³/mol. The molecule has 2 heterocycles. The summed E-state index contributed by atoms with van der Waals surface area (Å²) in [6.45, 7) is 0. The lowest BCUT2D eigenvalue weighted by Gasteiger charge is -2.17. The van der Waals surface area contributed by atoms with Gasteiger partial charge in [-0.25, -0.2) is 0 Å². The van der Waals surface area contributed by atoms with E-state index in [1.165, 1.54) is 87.5 Å². The Labute approximate surface area is 307 Å². The summed E-state index contributed by atoms with van der Waals surface area (Å²) in [4.78, 5) is 0. The van der Waals surface area contributed by atoms with Crippen LogP contribution in [0.15, 0.2) is 200 Å². The molecule has 0 fully saturated rings. The second kappa shape index (κ2) is 12.7. The van der Waals surface area contributed by atoms with E-state index >= 15 is 0 Å². The standard InChI is InChI=1S/C50H33NS/c1-5-14-34(15-6-1)40-30-41(35-16-7-2-8-17-35)32-42(31-40)51-47-27-25-39(33-46(47)45-26-24-38-28-29-52-50(38)49(45)51)48-43(36-18-9-3-10-19-36)22-13-23-44(48)37-20-11-4-12-21-37/h1-33H. The highest BCUT2D eigenvalue weighted by Crippen LogP contribution is 2.45. The molecule has 1 nitrogen and oxygen atoms in total. The molecule has 2 aromatic heterocycles. The maximum absolute atomic E-state index is 2.51. The van der Waals surface area contributed by atoms with E-state index in [1.807, 2.05) is 11.3 Å². The first kappa shape index (κ1) is 30.4. The summed E-state index contributed by atoms with van der Waals surface area (Å²) in [5.41, 5.74) is 15.8. The Morgan fingerprint density at radius 3 is 1.50 bits per heavy atom. The molecule has 0 saturated carbocycles. The van der Waals surface area contributed by atoms with Gasteiger partial charge < -0.3 is 4.57 Å². The molecule has 10 aromatic rings. The van der Waals surface area contributed by atoms with Crippen molar-refractivity contribution in [2.75, 3.05) is 0 Å². The van der Waals surface area contributed by atoms with Gasteiger partial charge >= 0.3 is 0 Å². The number of nitrogens with zero attached hydrogens (tertiary/aromatic N) is 1. The second-order valence-corrected chi connectivity index (χ2v) is 14.2. The van der Waals surface area contributed by atoms with Gasteiger partial charge in [0.05, 0.1) is 15.7 Å². The molecule has 0 saturated heterocycles. The highest BCUT2D eigenvalue weighted by atomic mass is 32.1. The Balaban J connectivity index is 1.28. The molecule has 52 heavy (non-hydrogen) atoms. The fourth-order valence-electron chi connectivity index (χ4n) is 7.86. The fraction of sp³-hybridized carbons (Fsp3) is 0. The van der Waals surface area contributed by atoms with E-state index in [2.05, 4.69) is 204 Å². The maximum atomic E-state index is 2.51. The van der Waals surface area contributed by atoms with E-state index in [0.717, 1.165) is 5.69 Å². The van der Waals surface area contributed by atoms with E-state index < -0.39 is 0 Å². The third-order valence-corrected chi connectivity index (χ3v) is 11.2. The normalized spacial score (nSPS) is 11.5. The molecule has 0 atom stereocenters. The summed E-state index contributed by atoms with van der Waals surface area (Å²) in [6.07, 6.45) is 0. The van der Waals surface area contributed by atoms with Crippen molar-refractivity contribution in [2.45, 2.75) is 0 Å². The van der Waals surface area contributed by atoms with Crippen LogP contribution >= 0.6 is 11.3 Å². The highest BCUT2D eigenvalue weighted by molar-refractivity contribution is 7.18. The van der Waals surface area contributed by atoms with Crippen molar-refractivity contribution >= 4 is 43.2 Å². The van der Waals surface area contributed by atoms with Crippen LogP contribution in [0.2, 0.25) is 0 Å². The predicted octanol–water partition coefficient (Wildman–Crippen LogP) is 14.3. The van der Waals surface area contributed by atoms with Gasteiger partial charge in [-0.1, -0.05) is 158 Å². The Bertz CT molecular complexity index is 2750. The zero-order valence-corrected chi connectivity index (χ0v) is 29.2. The molecule has 8 aromatic carbocycles. The lowest BCUT2D eigenvalue weighted by atomic mass is 9.87. The molecular formula is C50H33NS.